The molecule has 0 radical (unpaired) electrons. The molecule has 0 amide bonds. The quantitative estimate of drug-likeness (QED) is 0.755. The lowest BCUT2D eigenvalue weighted by molar-refractivity contribution is 0.178. The summed E-state index contributed by atoms with van der Waals surface area (Å²) in [4.78, 5) is 10.7. The summed E-state index contributed by atoms with van der Waals surface area (Å²) in [5.41, 5.74) is 0. The Bertz CT molecular complexity index is 625. The van der Waals surface area contributed by atoms with Crippen molar-refractivity contribution in [2.24, 2.45) is 0 Å². The fourth-order valence-corrected chi connectivity index (χ4v) is 4.66. The van der Waals surface area contributed by atoms with Crippen LogP contribution in [0.25, 0.3) is 0 Å². The van der Waals surface area contributed by atoms with Crippen LogP contribution in [0.5, 0.6) is 0 Å². The smallest absolute Gasteiger partial charge is 0.282 e. The van der Waals surface area contributed by atoms with Gasteiger partial charge in [-0.3, -0.25) is 0 Å². The number of hydrogen-bond donors (Lipinski definition) is 0. The minimum Gasteiger partial charge on any atom is -0.377 e. The van der Waals surface area contributed by atoms with Crippen LogP contribution in [0.4, 0.5) is 5.82 Å². The molecule has 1 aromatic rings. The van der Waals surface area contributed by atoms with Crippen molar-refractivity contribution in [1.82, 2.24) is 18.6 Å². The number of aromatic nitrogens is 2. The molecule has 0 atom stereocenters. The van der Waals surface area contributed by atoms with Gasteiger partial charge in [0, 0.05) is 52.6 Å². The molecule has 23 heavy (non-hydrogen) atoms. The molecule has 0 bridgehead atoms. The fraction of sp³-hybridized carbons (Fsp3) is 0.714. The van der Waals surface area contributed by atoms with Gasteiger partial charge in [0.15, 0.2) is 5.82 Å². The Morgan fingerprint density at radius 3 is 2.39 bits per heavy atom. The average molecular weight is 341 g/mol. The highest BCUT2D eigenvalue weighted by Gasteiger charge is 2.33. The summed E-state index contributed by atoms with van der Waals surface area (Å²) in [5.74, 6) is 1.46. The van der Waals surface area contributed by atoms with Crippen molar-refractivity contribution in [2.75, 3.05) is 51.3 Å². The van der Waals surface area contributed by atoms with E-state index in [1.165, 1.54) is 0 Å². The molecule has 0 aliphatic carbocycles. The Kier molecular flexibility index (Phi) is 5.10. The Morgan fingerprint density at radius 1 is 1.09 bits per heavy atom. The maximum Gasteiger partial charge on any atom is 0.282 e. The maximum atomic E-state index is 12.6. The highest BCUT2D eigenvalue weighted by atomic mass is 32.2. The van der Waals surface area contributed by atoms with Gasteiger partial charge in [-0.2, -0.15) is 17.0 Å². The summed E-state index contributed by atoms with van der Waals surface area (Å²) in [5, 5.41) is 0. The van der Waals surface area contributed by atoms with E-state index in [1.807, 2.05) is 6.07 Å². The average Bonchev–Trinajstić information content (AvgIpc) is 3.11. The highest BCUT2D eigenvalue weighted by molar-refractivity contribution is 7.86. The summed E-state index contributed by atoms with van der Waals surface area (Å²) in [6.45, 7) is 3.92. The van der Waals surface area contributed by atoms with E-state index in [0.29, 0.717) is 51.7 Å². The molecule has 3 heterocycles. The number of rotatable bonds is 5. The van der Waals surface area contributed by atoms with Gasteiger partial charge in [0.1, 0.15) is 12.4 Å². The van der Waals surface area contributed by atoms with Gasteiger partial charge in [0.05, 0.1) is 0 Å². The lowest BCUT2D eigenvalue weighted by Gasteiger charge is -2.36. The molecule has 0 N–H and O–H groups in total. The molecule has 1 aromatic heterocycles. The number of hydrogen-bond acceptors (Lipinski definition) is 6. The van der Waals surface area contributed by atoms with Crippen molar-refractivity contribution < 1.29 is 13.2 Å². The number of ether oxygens (including phenoxy) is 1. The molecule has 8 nitrogen and oxygen atoms in total. The summed E-state index contributed by atoms with van der Waals surface area (Å²) >= 11 is 0. The van der Waals surface area contributed by atoms with Crippen LogP contribution in [-0.2, 0) is 21.6 Å². The first-order valence-corrected chi connectivity index (χ1v) is 9.32. The number of methoxy groups -OCH3 is 1. The topological polar surface area (TPSA) is 78.9 Å². The van der Waals surface area contributed by atoms with E-state index < -0.39 is 10.2 Å². The van der Waals surface area contributed by atoms with E-state index in [9.17, 15) is 8.42 Å². The van der Waals surface area contributed by atoms with Crippen molar-refractivity contribution in [3.8, 4) is 0 Å². The predicted octanol–water partition coefficient (Wildman–Crippen LogP) is 0.0856. The first-order valence-electron chi connectivity index (χ1n) is 7.92. The van der Waals surface area contributed by atoms with Crippen molar-refractivity contribution >= 4 is 16.0 Å². The second kappa shape index (κ2) is 7.08. The summed E-state index contributed by atoms with van der Waals surface area (Å²) in [7, 11) is -1.69. The molecule has 0 saturated carbocycles. The molecule has 0 unspecified atom stereocenters. The fourth-order valence-electron chi connectivity index (χ4n) is 2.99. The van der Waals surface area contributed by atoms with E-state index >= 15 is 0 Å². The summed E-state index contributed by atoms with van der Waals surface area (Å²) in [6.07, 6.45) is 3.63. The monoisotopic (exact) mass is 341 g/mol. The molecule has 2 aliphatic heterocycles. The molecule has 0 spiro atoms. The van der Waals surface area contributed by atoms with Crippen LogP contribution in [0.15, 0.2) is 12.3 Å². The standard InChI is InChI=1S/C14H23N5O3S/c1-22-12-13-15-5-4-14(16-13)17-8-10-19(11-9-17)23(20,21)18-6-2-3-7-18/h4-5H,2-3,6-12H2,1H3. The van der Waals surface area contributed by atoms with Crippen LogP contribution >= 0.6 is 0 Å². The molecule has 3 rings (SSSR count). The molecule has 2 saturated heterocycles. The van der Waals surface area contributed by atoms with Crippen molar-refractivity contribution in [2.45, 2.75) is 19.4 Å². The van der Waals surface area contributed by atoms with Gasteiger partial charge in [-0.15, -0.1) is 0 Å². The third kappa shape index (κ3) is 3.63. The lowest BCUT2D eigenvalue weighted by atomic mass is 10.3. The normalized spacial score (nSPS) is 21.0. The summed E-state index contributed by atoms with van der Waals surface area (Å²) in [6, 6.07) is 1.85. The minimum absolute atomic E-state index is 0.372. The molecule has 2 fully saturated rings. The van der Waals surface area contributed by atoms with Gasteiger partial charge in [-0.05, 0) is 18.9 Å². The van der Waals surface area contributed by atoms with E-state index in [0.717, 1.165) is 18.7 Å². The zero-order valence-corrected chi connectivity index (χ0v) is 14.2. The molecule has 2 aliphatic rings. The molecular formula is C14H23N5O3S. The number of anilines is 1. The van der Waals surface area contributed by atoms with Gasteiger partial charge >= 0.3 is 0 Å². The third-order valence-electron chi connectivity index (χ3n) is 4.24. The third-order valence-corrected chi connectivity index (χ3v) is 6.28. The van der Waals surface area contributed by atoms with Gasteiger partial charge in [-0.25, -0.2) is 9.97 Å². The van der Waals surface area contributed by atoms with Gasteiger partial charge in [0.2, 0.25) is 0 Å². The Balaban J connectivity index is 1.63. The molecular weight excluding hydrogens is 318 g/mol. The van der Waals surface area contributed by atoms with Crippen LogP contribution in [0.2, 0.25) is 0 Å². The first-order chi connectivity index (χ1) is 11.1. The van der Waals surface area contributed by atoms with Gasteiger partial charge < -0.3 is 9.64 Å². The molecule has 9 heteroatoms. The van der Waals surface area contributed by atoms with Crippen molar-refractivity contribution in [3.63, 3.8) is 0 Å². The van der Waals surface area contributed by atoms with Crippen LogP contribution in [-0.4, -0.2) is 73.4 Å². The Labute approximate surface area is 137 Å². The number of nitrogens with zero attached hydrogens (tertiary/aromatic N) is 5. The predicted molar refractivity (Wildman–Crippen MR) is 86.3 cm³/mol. The largest absolute Gasteiger partial charge is 0.377 e. The second-order valence-electron chi connectivity index (χ2n) is 5.76. The van der Waals surface area contributed by atoms with E-state index in [1.54, 1.807) is 21.9 Å². The second-order valence-corrected chi connectivity index (χ2v) is 7.69. The Hall–Kier alpha value is -1.29. The van der Waals surface area contributed by atoms with Crippen molar-refractivity contribution in [3.05, 3.63) is 18.1 Å². The zero-order chi connectivity index (χ0) is 16.3. The van der Waals surface area contributed by atoms with Crippen LogP contribution in [0.1, 0.15) is 18.7 Å². The van der Waals surface area contributed by atoms with E-state index in [4.69, 9.17) is 4.74 Å². The first kappa shape index (κ1) is 16.6. The SMILES string of the molecule is COCc1nccc(N2CCN(S(=O)(=O)N3CCCC3)CC2)n1. The lowest BCUT2D eigenvalue weighted by Crippen LogP contribution is -2.52. The Morgan fingerprint density at radius 2 is 1.74 bits per heavy atom. The van der Waals surface area contributed by atoms with E-state index in [2.05, 4.69) is 14.9 Å². The highest BCUT2D eigenvalue weighted by Crippen LogP contribution is 2.20. The van der Waals surface area contributed by atoms with Gasteiger partial charge in [0.25, 0.3) is 10.2 Å². The summed E-state index contributed by atoms with van der Waals surface area (Å²) < 4.78 is 33.4. The minimum atomic E-state index is -3.30. The zero-order valence-electron chi connectivity index (χ0n) is 13.4. The molecule has 0 aromatic carbocycles. The molecule has 128 valence electrons. The maximum absolute atomic E-state index is 12.6. The van der Waals surface area contributed by atoms with E-state index in [-0.39, 0.29) is 0 Å². The number of piperazine rings is 1. The van der Waals surface area contributed by atoms with Crippen LogP contribution < -0.4 is 4.90 Å². The van der Waals surface area contributed by atoms with Crippen LogP contribution in [0, 0.1) is 0 Å². The van der Waals surface area contributed by atoms with Crippen LogP contribution in [0.3, 0.4) is 0 Å². The van der Waals surface area contributed by atoms with Gasteiger partial charge in [-0.1, -0.05) is 0 Å². The van der Waals surface area contributed by atoms with Crippen molar-refractivity contribution in [1.29, 1.82) is 0 Å².